The van der Waals surface area contributed by atoms with Gasteiger partial charge in [-0.05, 0) is 30.6 Å². The van der Waals surface area contributed by atoms with E-state index in [1.54, 1.807) is 0 Å². The molecule has 0 bridgehead atoms. The van der Waals surface area contributed by atoms with Gasteiger partial charge in [0.2, 0.25) is 0 Å². The quantitative estimate of drug-likeness (QED) is 0.580. The highest BCUT2D eigenvalue weighted by atomic mass is 35.5. The summed E-state index contributed by atoms with van der Waals surface area (Å²) in [4.78, 5) is 0. The van der Waals surface area contributed by atoms with Gasteiger partial charge in [0, 0.05) is 5.88 Å². The predicted octanol–water partition coefficient (Wildman–Crippen LogP) is 4.22. The van der Waals surface area contributed by atoms with Gasteiger partial charge in [0.25, 0.3) is 0 Å². The van der Waals surface area contributed by atoms with Gasteiger partial charge in [-0.25, -0.2) is 0 Å². The van der Waals surface area contributed by atoms with Crippen molar-refractivity contribution in [2.45, 2.75) is 52.4 Å². The second kappa shape index (κ2) is 4.50. The Morgan fingerprint density at radius 2 is 1.92 bits per heavy atom. The lowest BCUT2D eigenvalue weighted by molar-refractivity contribution is 0.254. The van der Waals surface area contributed by atoms with Gasteiger partial charge in [-0.15, -0.1) is 11.6 Å². The molecule has 1 atom stereocenters. The van der Waals surface area contributed by atoms with Crippen molar-refractivity contribution in [2.24, 2.45) is 11.3 Å². The van der Waals surface area contributed by atoms with Crippen LogP contribution in [0.1, 0.15) is 52.4 Å². The first kappa shape index (κ1) is 10.4. The highest BCUT2D eigenvalue weighted by Crippen LogP contribution is 2.43. The van der Waals surface area contributed by atoms with E-state index in [1.807, 2.05) is 0 Å². The highest BCUT2D eigenvalue weighted by Gasteiger charge is 2.30. The fourth-order valence-corrected chi connectivity index (χ4v) is 2.76. The Balaban J connectivity index is 2.36. The van der Waals surface area contributed by atoms with Gasteiger partial charge in [-0.2, -0.15) is 0 Å². The SMILES string of the molecule is CCC(CCl)CC1(C)CCCC1. The number of alkyl halides is 1. The van der Waals surface area contributed by atoms with Gasteiger partial charge in [-0.1, -0.05) is 33.1 Å². The van der Waals surface area contributed by atoms with Crippen LogP contribution in [-0.2, 0) is 0 Å². The van der Waals surface area contributed by atoms with Crippen LogP contribution in [0.3, 0.4) is 0 Å². The molecule has 0 aromatic rings. The topological polar surface area (TPSA) is 0 Å². The van der Waals surface area contributed by atoms with Crippen molar-refractivity contribution < 1.29 is 0 Å². The average Bonchev–Trinajstić information content (AvgIpc) is 2.48. The molecule has 0 radical (unpaired) electrons. The van der Waals surface area contributed by atoms with Crippen molar-refractivity contribution in [3.8, 4) is 0 Å². The van der Waals surface area contributed by atoms with Crippen LogP contribution in [0.2, 0.25) is 0 Å². The fourth-order valence-electron chi connectivity index (χ4n) is 2.44. The molecule has 0 aromatic carbocycles. The van der Waals surface area contributed by atoms with Crippen LogP contribution >= 0.6 is 11.6 Å². The molecule has 1 aliphatic carbocycles. The van der Waals surface area contributed by atoms with E-state index in [2.05, 4.69) is 13.8 Å². The number of rotatable bonds is 4. The molecule has 12 heavy (non-hydrogen) atoms. The molecular formula is C11H21Cl. The van der Waals surface area contributed by atoms with Gasteiger partial charge in [0.1, 0.15) is 0 Å². The third-order valence-electron chi connectivity index (χ3n) is 3.39. The van der Waals surface area contributed by atoms with Gasteiger partial charge < -0.3 is 0 Å². The smallest absolute Gasteiger partial charge is 0.0251 e. The molecule has 1 heteroatoms. The normalized spacial score (nSPS) is 24.2. The maximum atomic E-state index is 5.91. The Hall–Kier alpha value is 0.290. The molecule has 1 aliphatic rings. The van der Waals surface area contributed by atoms with Gasteiger partial charge >= 0.3 is 0 Å². The molecule has 1 saturated carbocycles. The van der Waals surface area contributed by atoms with E-state index in [0.29, 0.717) is 5.41 Å². The zero-order valence-electron chi connectivity index (χ0n) is 8.41. The highest BCUT2D eigenvalue weighted by molar-refractivity contribution is 6.18. The van der Waals surface area contributed by atoms with Gasteiger partial charge in [-0.3, -0.25) is 0 Å². The summed E-state index contributed by atoms with van der Waals surface area (Å²) >= 11 is 5.91. The third-order valence-corrected chi connectivity index (χ3v) is 3.82. The summed E-state index contributed by atoms with van der Waals surface area (Å²) in [6.45, 7) is 4.70. The van der Waals surface area contributed by atoms with Crippen molar-refractivity contribution in [1.29, 1.82) is 0 Å². The van der Waals surface area contributed by atoms with E-state index in [-0.39, 0.29) is 0 Å². The summed E-state index contributed by atoms with van der Waals surface area (Å²) in [6.07, 6.45) is 8.34. The van der Waals surface area contributed by atoms with Crippen molar-refractivity contribution in [1.82, 2.24) is 0 Å². The molecule has 0 nitrogen and oxygen atoms in total. The molecular weight excluding hydrogens is 168 g/mol. The maximum Gasteiger partial charge on any atom is 0.0251 e. The molecule has 0 saturated heterocycles. The standard InChI is InChI=1S/C11H21Cl/c1-3-10(9-12)8-11(2)6-4-5-7-11/h10H,3-9H2,1-2H3. The summed E-state index contributed by atoms with van der Waals surface area (Å²) in [5.74, 6) is 1.61. The lowest BCUT2D eigenvalue weighted by Gasteiger charge is -2.27. The van der Waals surface area contributed by atoms with Crippen molar-refractivity contribution in [2.75, 3.05) is 5.88 Å². The van der Waals surface area contributed by atoms with Crippen LogP contribution in [0.15, 0.2) is 0 Å². The van der Waals surface area contributed by atoms with Gasteiger partial charge in [0.15, 0.2) is 0 Å². The Labute approximate surface area is 81.7 Å². The minimum atomic E-state index is 0.634. The van der Waals surface area contributed by atoms with Crippen molar-refractivity contribution in [3.05, 3.63) is 0 Å². The molecule has 0 amide bonds. The molecule has 0 aliphatic heterocycles. The third kappa shape index (κ3) is 2.65. The second-order valence-corrected chi connectivity index (χ2v) is 4.96. The van der Waals surface area contributed by atoms with E-state index in [1.165, 1.54) is 38.5 Å². The maximum absolute atomic E-state index is 5.91. The van der Waals surface area contributed by atoms with Crippen molar-refractivity contribution in [3.63, 3.8) is 0 Å². The number of halogens is 1. The lowest BCUT2D eigenvalue weighted by Crippen LogP contribution is -2.17. The molecule has 1 unspecified atom stereocenters. The van der Waals surface area contributed by atoms with E-state index < -0.39 is 0 Å². The Kier molecular flexibility index (Phi) is 3.89. The molecule has 1 fully saturated rings. The van der Waals surface area contributed by atoms with E-state index in [4.69, 9.17) is 11.6 Å². The van der Waals surface area contributed by atoms with Gasteiger partial charge in [0.05, 0.1) is 0 Å². The van der Waals surface area contributed by atoms with Crippen LogP contribution in [0.25, 0.3) is 0 Å². The van der Waals surface area contributed by atoms with E-state index in [0.717, 1.165) is 11.8 Å². The molecule has 72 valence electrons. The molecule has 0 N–H and O–H groups in total. The van der Waals surface area contributed by atoms with Crippen LogP contribution in [-0.4, -0.2) is 5.88 Å². The van der Waals surface area contributed by atoms with Crippen LogP contribution in [0.4, 0.5) is 0 Å². The van der Waals surface area contributed by atoms with E-state index in [9.17, 15) is 0 Å². The summed E-state index contributed by atoms with van der Waals surface area (Å²) in [6, 6.07) is 0. The summed E-state index contributed by atoms with van der Waals surface area (Å²) in [5.41, 5.74) is 0.634. The average molecular weight is 189 g/mol. The lowest BCUT2D eigenvalue weighted by atomic mass is 9.79. The van der Waals surface area contributed by atoms with E-state index >= 15 is 0 Å². The number of hydrogen-bond acceptors (Lipinski definition) is 0. The summed E-state index contributed by atoms with van der Waals surface area (Å²) < 4.78 is 0. The van der Waals surface area contributed by atoms with Crippen molar-refractivity contribution >= 4 is 11.6 Å². The first-order chi connectivity index (χ1) is 5.70. The fraction of sp³-hybridized carbons (Fsp3) is 1.00. The zero-order chi connectivity index (χ0) is 9.03. The Morgan fingerprint density at radius 1 is 1.33 bits per heavy atom. The van der Waals surface area contributed by atoms with Crippen LogP contribution < -0.4 is 0 Å². The first-order valence-electron chi connectivity index (χ1n) is 5.26. The second-order valence-electron chi connectivity index (χ2n) is 4.65. The Morgan fingerprint density at radius 3 is 2.33 bits per heavy atom. The minimum absolute atomic E-state index is 0.634. The minimum Gasteiger partial charge on any atom is -0.126 e. The Bertz CT molecular complexity index is 121. The monoisotopic (exact) mass is 188 g/mol. The summed E-state index contributed by atoms with van der Waals surface area (Å²) in [5, 5.41) is 0. The molecule has 0 heterocycles. The van der Waals surface area contributed by atoms with Crippen LogP contribution in [0.5, 0.6) is 0 Å². The molecule has 0 aromatic heterocycles. The predicted molar refractivity (Wildman–Crippen MR) is 55.7 cm³/mol. The number of hydrogen-bond donors (Lipinski definition) is 0. The zero-order valence-corrected chi connectivity index (χ0v) is 9.16. The van der Waals surface area contributed by atoms with Crippen LogP contribution in [0, 0.1) is 11.3 Å². The largest absolute Gasteiger partial charge is 0.126 e. The molecule has 0 spiro atoms. The molecule has 1 rings (SSSR count). The first-order valence-corrected chi connectivity index (χ1v) is 5.79. The summed E-state index contributed by atoms with van der Waals surface area (Å²) in [7, 11) is 0.